The normalized spacial score (nSPS) is 16.8. The molecule has 38 heavy (non-hydrogen) atoms. The summed E-state index contributed by atoms with van der Waals surface area (Å²) in [4.78, 5) is 15.7. The summed E-state index contributed by atoms with van der Waals surface area (Å²) in [7, 11) is 1.68. The van der Waals surface area contributed by atoms with Crippen molar-refractivity contribution in [3.05, 3.63) is 96.1 Å². The fourth-order valence-corrected chi connectivity index (χ4v) is 5.04. The lowest BCUT2D eigenvalue weighted by atomic mass is 9.94. The lowest BCUT2D eigenvalue weighted by Gasteiger charge is -2.21. The van der Waals surface area contributed by atoms with Crippen LogP contribution in [0.5, 0.6) is 11.6 Å². The van der Waals surface area contributed by atoms with E-state index < -0.39 is 0 Å². The van der Waals surface area contributed by atoms with Crippen molar-refractivity contribution in [2.75, 3.05) is 37.0 Å². The second kappa shape index (κ2) is 11.3. The van der Waals surface area contributed by atoms with E-state index in [4.69, 9.17) is 9.47 Å². The van der Waals surface area contributed by atoms with Gasteiger partial charge in [0.1, 0.15) is 11.6 Å². The molecule has 0 aliphatic carbocycles. The first-order chi connectivity index (χ1) is 18.6. The number of methoxy groups -OCH3 is 1. The summed E-state index contributed by atoms with van der Waals surface area (Å²) in [5, 5.41) is 10.9. The molecule has 2 amide bonds. The largest absolute Gasteiger partial charge is 0.495 e. The molecular formula is C30H33N5O3. The van der Waals surface area contributed by atoms with E-state index in [-0.39, 0.29) is 18.0 Å². The number of urea groups is 1. The van der Waals surface area contributed by atoms with Crippen LogP contribution in [-0.2, 0) is 0 Å². The number of ether oxygens (including phenoxy) is 2. The molecule has 8 nitrogen and oxygen atoms in total. The summed E-state index contributed by atoms with van der Waals surface area (Å²) in [6.07, 6.45) is 0. The number of hydrogen-bond acceptors (Lipinski definition) is 5. The van der Waals surface area contributed by atoms with Gasteiger partial charge in [-0.15, -0.1) is 5.10 Å². The van der Waals surface area contributed by atoms with E-state index in [0.717, 1.165) is 29.2 Å². The van der Waals surface area contributed by atoms with Gasteiger partial charge in [0.2, 0.25) is 5.88 Å². The first-order valence-electron chi connectivity index (χ1n) is 12.9. The number of nitrogens with zero attached hydrogens (tertiary/aromatic N) is 3. The molecule has 1 aromatic heterocycles. The van der Waals surface area contributed by atoms with E-state index in [1.54, 1.807) is 11.8 Å². The van der Waals surface area contributed by atoms with Crippen LogP contribution in [0.25, 0.3) is 5.69 Å². The second-order valence-electron chi connectivity index (χ2n) is 9.26. The number of para-hydroxylation sites is 3. The number of hydrogen-bond donors (Lipinski definition) is 2. The van der Waals surface area contributed by atoms with E-state index in [2.05, 4.69) is 38.8 Å². The van der Waals surface area contributed by atoms with Crippen LogP contribution in [0, 0.1) is 6.92 Å². The fourth-order valence-electron chi connectivity index (χ4n) is 5.04. The number of carbonyl (C=O) groups is 1. The number of benzene rings is 3. The van der Waals surface area contributed by atoms with E-state index in [0.29, 0.717) is 24.8 Å². The molecule has 0 spiro atoms. The van der Waals surface area contributed by atoms with Crippen molar-refractivity contribution in [2.24, 2.45) is 0 Å². The molecule has 2 heterocycles. The number of carbonyl (C=O) groups excluding carboxylic acids is 1. The maximum Gasteiger partial charge on any atom is 0.320 e. The molecule has 196 valence electrons. The topological polar surface area (TPSA) is 80.6 Å². The van der Waals surface area contributed by atoms with Crippen LogP contribution in [0.4, 0.5) is 16.3 Å². The van der Waals surface area contributed by atoms with Crippen molar-refractivity contribution in [2.45, 2.75) is 25.8 Å². The summed E-state index contributed by atoms with van der Waals surface area (Å²) < 4.78 is 13.1. The first kappa shape index (κ1) is 25.2. The molecule has 0 radical (unpaired) electrons. The molecule has 1 aliphatic rings. The third kappa shape index (κ3) is 5.16. The molecule has 5 rings (SSSR count). The SMILES string of the molecule is CCOc1nn(-c2ccccc2)c(NC(=O)N[C@@H]2CN(c3ccccc3OC)C[C@H]2c2ccccc2)c1C. The molecule has 1 saturated heterocycles. The number of anilines is 2. The lowest BCUT2D eigenvalue weighted by molar-refractivity contribution is 0.248. The fraction of sp³-hybridized carbons (Fsp3) is 0.267. The molecule has 1 fully saturated rings. The Morgan fingerprint density at radius 3 is 2.37 bits per heavy atom. The number of rotatable bonds is 8. The van der Waals surface area contributed by atoms with E-state index >= 15 is 0 Å². The number of aromatic nitrogens is 2. The zero-order valence-electron chi connectivity index (χ0n) is 21.9. The standard InChI is InChI=1S/C30H33N5O3/c1-4-38-29-21(2)28(35(33-29)23-15-9-6-10-16-23)32-30(36)31-25-20-34(26-17-11-12-18-27(26)37-3)19-24(25)22-13-7-5-8-14-22/h5-18,24-25H,4,19-20H2,1-3H3,(H2,31,32,36)/t24-,25+/m0/s1. The highest BCUT2D eigenvalue weighted by Crippen LogP contribution is 2.36. The van der Waals surface area contributed by atoms with Crippen molar-refractivity contribution in [3.8, 4) is 17.3 Å². The molecule has 3 aromatic carbocycles. The molecule has 1 aliphatic heterocycles. The minimum absolute atomic E-state index is 0.103. The van der Waals surface area contributed by atoms with Gasteiger partial charge in [-0.25, -0.2) is 9.48 Å². The number of amides is 2. The van der Waals surface area contributed by atoms with Gasteiger partial charge in [-0.05, 0) is 43.7 Å². The van der Waals surface area contributed by atoms with Crippen molar-refractivity contribution in [3.63, 3.8) is 0 Å². The van der Waals surface area contributed by atoms with E-state index in [1.807, 2.05) is 80.6 Å². The van der Waals surface area contributed by atoms with Gasteiger partial charge in [0, 0.05) is 19.0 Å². The first-order valence-corrected chi connectivity index (χ1v) is 12.9. The van der Waals surface area contributed by atoms with E-state index in [1.165, 1.54) is 5.56 Å². The van der Waals surface area contributed by atoms with Crippen molar-refractivity contribution >= 4 is 17.5 Å². The minimum Gasteiger partial charge on any atom is -0.495 e. The van der Waals surface area contributed by atoms with Gasteiger partial charge < -0.3 is 19.7 Å². The predicted molar refractivity (Wildman–Crippen MR) is 150 cm³/mol. The van der Waals surface area contributed by atoms with Crippen LogP contribution in [0.15, 0.2) is 84.9 Å². The zero-order chi connectivity index (χ0) is 26.5. The highest BCUT2D eigenvalue weighted by atomic mass is 16.5. The average Bonchev–Trinajstić information content (AvgIpc) is 3.51. The Kier molecular flexibility index (Phi) is 7.49. The molecule has 8 heteroatoms. The smallest absolute Gasteiger partial charge is 0.320 e. The van der Waals surface area contributed by atoms with Crippen LogP contribution in [0.2, 0.25) is 0 Å². The molecule has 2 atom stereocenters. The molecular weight excluding hydrogens is 478 g/mol. The summed E-state index contributed by atoms with van der Waals surface area (Å²) in [5.41, 5.74) is 3.80. The second-order valence-corrected chi connectivity index (χ2v) is 9.26. The minimum atomic E-state index is -0.291. The summed E-state index contributed by atoms with van der Waals surface area (Å²) in [6, 6.07) is 27.6. The quantitative estimate of drug-likeness (QED) is 0.332. The van der Waals surface area contributed by atoms with Crippen molar-refractivity contribution in [1.29, 1.82) is 0 Å². The average molecular weight is 512 g/mol. The van der Waals surface area contributed by atoms with Crippen LogP contribution in [-0.4, -0.2) is 48.7 Å². The third-order valence-corrected chi connectivity index (χ3v) is 6.88. The van der Waals surface area contributed by atoms with Crippen molar-refractivity contribution < 1.29 is 14.3 Å². The van der Waals surface area contributed by atoms with Gasteiger partial charge in [0.05, 0.1) is 36.7 Å². The Morgan fingerprint density at radius 1 is 0.974 bits per heavy atom. The van der Waals surface area contributed by atoms with Gasteiger partial charge in [0.15, 0.2) is 0 Å². The van der Waals surface area contributed by atoms with E-state index in [9.17, 15) is 4.79 Å². The summed E-state index contributed by atoms with van der Waals surface area (Å²) >= 11 is 0. The number of nitrogens with one attached hydrogen (secondary N) is 2. The van der Waals surface area contributed by atoms with Gasteiger partial charge in [-0.3, -0.25) is 5.32 Å². The highest BCUT2D eigenvalue weighted by Gasteiger charge is 2.36. The Bertz CT molecular complexity index is 1370. The molecule has 0 saturated carbocycles. The Balaban J connectivity index is 1.41. The Hall–Kier alpha value is -4.46. The van der Waals surface area contributed by atoms with Gasteiger partial charge in [-0.1, -0.05) is 60.7 Å². The molecule has 0 unspecified atom stereocenters. The molecule has 2 N–H and O–H groups in total. The molecule has 4 aromatic rings. The Labute approximate surface area is 223 Å². The van der Waals surface area contributed by atoms with Gasteiger partial charge in [-0.2, -0.15) is 0 Å². The van der Waals surface area contributed by atoms with Crippen LogP contribution in [0.1, 0.15) is 24.0 Å². The maximum absolute atomic E-state index is 13.5. The third-order valence-electron chi connectivity index (χ3n) is 6.88. The van der Waals surface area contributed by atoms with Gasteiger partial charge >= 0.3 is 6.03 Å². The summed E-state index contributed by atoms with van der Waals surface area (Å²) in [5.74, 6) is 1.99. The monoisotopic (exact) mass is 511 g/mol. The van der Waals surface area contributed by atoms with Crippen LogP contribution >= 0.6 is 0 Å². The highest BCUT2D eigenvalue weighted by molar-refractivity contribution is 5.90. The lowest BCUT2D eigenvalue weighted by Crippen LogP contribution is -2.42. The maximum atomic E-state index is 13.5. The van der Waals surface area contributed by atoms with Crippen molar-refractivity contribution in [1.82, 2.24) is 15.1 Å². The van der Waals surface area contributed by atoms with Gasteiger partial charge in [0.25, 0.3) is 0 Å². The summed E-state index contributed by atoms with van der Waals surface area (Å²) in [6.45, 7) is 5.70. The van der Waals surface area contributed by atoms with Crippen LogP contribution in [0.3, 0.4) is 0 Å². The Morgan fingerprint density at radius 2 is 1.66 bits per heavy atom. The molecule has 0 bridgehead atoms. The zero-order valence-corrected chi connectivity index (χ0v) is 21.9. The van der Waals surface area contributed by atoms with Crippen LogP contribution < -0.4 is 25.0 Å². The predicted octanol–water partition coefficient (Wildman–Crippen LogP) is 5.38.